The summed E-state index contributed by atoms with van der Waals surface area (Å²) < 4.78 is 69.1. The molecule has 0 aromatic heterocycles. The van der Waals surface area contributed by atoms with Crippen LogP contribution >= 0.6 is 65.6 Å². The number of anilines is 2. The first kappa shape index (κ1) is 62.3. The first-order valence-electron chi connectivity index (χ1n) is 20.8. The SMILES string of the molecule is CC1COc2ccccc2N1C(=O)C(Cl)Cl.CCOCN(C(=O)CCl)c1c(C)cccc1CC.C[C@H](OC(=O)c1cc(Oc2ccc(C(F)(F)F)cc2Cl)ccc1Cl)C(=O)O.O=C(O)CNCP(=O)(O)O. The van der Waals surface area contributed by atoms with E-state index in [4.69, 9.17) is 97.0 Å². The summed E-state index contributed by atoms with van der Waals surface area (Å²) in [6.45, 7) is 9.85. The summed E-state index contributed by atoms with van der Waals surface area (Å²) in [5, 5.41) is 18.5. The second-order valence-electron chi connectivity index (χ2n) is 14.6. The molecule has 1 aliphatic rings. The van der Waals surface area contributed by atoms with Gasteiger partial charge in [-0.15, -0.1) is 11.6 Å². The monoisotopic (exact) mass is 1120 g/mol. The Morgan fingerprint density at radius 1 is 0.958 bits per heavy atom. The number of halogens is 8. The van der Waals surface area contributed by atoms with E-state index in [1.165, 1.54) is 12.1 Å². The minimum Gasteiger partial charge on any atom is -0.489 e. The van der Waals surface area contributed by atoms with Crippen LogP contribution in [0.3, 0.4) is 0 Å². The summed E-state index contributed by atoms with van der Waals surface area (Å²) in [6.07, 6.45) is -5.68. The van der Waals surface area contributed by atoms with Crippen molar-refractivity contribution in [2.75, 3.05) is 48.5 Å². The van der Waals surface area contributed by atoms with E-state index in [-0.39, 0.29) is 57.6 Å². The number of para-hydroxylation sites is 3. The van der Waals surface area contributed by atoms with Crippen LogP contribution in [0.1, 0.15) is 54.7 Å². The van der Waals surface area contributed by atoms with Gasteiger partial charge in [0.2, 0.25) is 5.91 Å². The van der Waals surface area contributed by atoms with Crippen LogP contribution in [0, 0.1) is 6.92 Å². The molecule has 4 aromatic rings. The number of benzene rings is 4. The molecule has 2 atom stereocenters. The number of hydrogen-bond donors (Lipinski definition) is 5. The third kappa shape index (κ3) is 20.7. The quantitative estimate of drug-likeness (QED) is 0.0304. The summed E-state index contributed by atoms with van der Waals surface area (Å²) in [6, 6.07) is 19.6. The van der Waals surface area contributed by atoms with Gasteiger partial charge in [-0.3, -0.25) is 29.2 Å². The van der Waals surface area contributed by atoms with Crippen LogP contribution in [0.2, 0.25) is 10.0 Å². The second kappa shape index (κ2) is 29.6. The minimum atomic E-state index is -4.56. The number of esters is 1. The number of nitrogens with zero attached hydrogens (tertiary/aromatic N) is 2. The molecule has 71 heavy (non-hydrogen) atoms. The Morgan fingerprint density at radius 2 is 1.62 bits per heavy atom. The second-order valence-corrected chi connectivity index (χ2v) is 18.4. The number of nitrogens with one attached hydrogen (secondary N) is 1. The molecule has 5 rings (SSSR count). The molecule has 2 amide bonds. The predicted octanol–water partition coefficient (Wildman–Crippen LogP) is 9.96. The smallest absolute Gasteiger partial charge is 0.416 e. The van der Waals surface area contributed by atoms with Gasteiger partial charge in [0.15, 0.2) is 10.9 Å². The van der Waals surface area contributed by atoms with Gasteiger partial charge in [-0.1, -0.05) is 83.7 Å². The number of aryl methyl sites for hydroxylation is 2. The summed E-state index contributed by atoms with van der Waals surface area (Å²) in [5.41, 5.74) is 2.73. The number of carboxylic acid groups (broad SMARTS) is 2. The Morgan fingerprint density at radius 3 is 2.17 bits per heavy atom. The maximum atomic E-state index is 12.7. The lowest BCUT2D eigenvalue weighted by molar-refractivity contribution is -0.146. The Bertz CT molecular complexity index is 2500. The fourth-order valence-electron chi connectivity index (χ4n) is 5.84. The van der Waals surface area contributed by atoms with Crippen LogP contribution in [0.25, 0.3) is 0 Å². The molecule has 1 heterocycles. The lowest BCUT2D eigenvalue weighted by Gasteiger charge is -2.35. The fraction of sp³-hybridized carbons (Fsp3) is 0.356. The van der Waals surface area contributed by atoms with Crippen LogP contribution in [-0.2, 0) is 45.8 Å². The van der Waals surface area contributed by atoms with E-state index in [1.54, 1.807) is 9.80 Å². The highest BCUT2D eigenvalue weighted by molar-refractivity contribution is 7.51. The lowest BCUT2D eigenvalue weighted by atomic mass is 10.0. The van der Waals surface area contributed by atoms with Crippen molar-refractivity contribution >= 4 is 107 Å². The van der Waals surface area contributed by atoms with Crippen molar-refractivity contribution < 1.29 is 80.7 Å². The molecule has 17 nitrogen and oxygen atoms in total. The van der Waals surface area contributed by atoms with Crippen molar-refractivity contribution in [2.45, 2.75) is 64.2 Å². The number of amides is 2. The molecule has 0 bridgehead atoms. The molecule has 0 spiro atoms. The Kier molecular flexibility index (Phi) is 26.0. The average Bonchev–Trinajstić information content (AvgIpc) is 3.30. The molecule has 26 heteroatoms. The van der Waals surface area contributed by atoms with Crippen molar-refractivity contribution in [3.8, 4) is 17.2 Å². The van der Waals surface area contributed by atoms with E-state index in [2.05, 4.69) is 12.2 Å². The first-order chi connectivity index (χ1) is 33.2. The first-order valence-corrected chi connectivity index (χ1v) is 24.7. The molecule has 1 aliphatic heterocycles. The number of carbonyl (C=O) groups excluding carboxylic acids is 3. The maximum absolute atomic E-state index is 12.7. The molecule has 0 fully saturated rings. The Labute approximate surface area is 431 Å². The standard InChI is InChI=1S/C17H11Cl2F3O5.C14H20ClNO2.C11H11Cl2NO2.C3H8NO5P/c1-8(15(23)24)26-16(25)11-7-10(3-4-12(11)18)27-14-5-2-9(6-13(14)19)17(20,21)22;1-4-12-8-6-7-11(3)14(12)16(10-18-5-2)13(17)9-15;1-7-6-16-9-5-3-2-4-8(9)14(7)11(15)10(12)13;5-3(6)1-4-2-10(7,8)9/h2-8H,1H3,(H,23,24);6-8H,4-5,9-10H2,1-3H3;2-5,7,10H,6H2,1H3;4H,1-2H2,(H,5,6)(H2,7,8,9)/t8-;;;/m0.../s1. The molecular formula is C45H50Cl5F3N3O14P. The zero-order valence-electron chi connectivity index (χ0n) is 38.4. The van der Waals surface area contributed by atoms with E-state index < -0.39 is 61.0 Å². The van der Waals surface area contributed by atoms with Gasteiger partial charge in [0.25, 0.3) is 5.91 Å². The average molecular weight is 1120 g/mol. The molecule has 0 saturated heterocycles. The van der Waals surface area contributed by atoms with Crippen LogP contribution in [0.15, 0.2) is 78.9 Å². The van der Waals surface area contributed by atoms with Gasteiger partial charge in [0.05, 0.1) is 51.4 Å². The summed E-state index contributed by atoms with van der Waals surface area (Å²) in [7, 11) is -4.10. The number of ether oxygens (including phenoxy) is 4. The largest absolute Gasteiger partial charge is 0.489 e. The zero-order chi connectivity index (χ0) is 53.8. The lowest BCUT2D eigenvalue weighted by Crippen LogP contribution is -2.47. The molecule has 0 saturated carbocycles. The summed E-state index contributed by atoms with van der Waals surface area (Å²) >= 11 is 28.6. The van der Waals surface area contributed by atoms with Crippen LogP contribution in [0.5, 0.6) is 17.2 Å². The number of aliphatic carboxylic acids is 2. The summed E-state index contributed by atoms with van der Waals surface area (Å²) in [4.78, 5) is 74.9. The fourth-order valence-corrected chi connectivity index (χ4v) is 7.01. The highest BCUT2D eigenvalue weighted by atomic mass is 35.5. The van der Waals surface area contributed by atoms with E-state index in [1.807, 2.05) is 63.2 Å². The van der Waals surface area contributed by atoms with Crippen LogP contribution in [-0.4, -0.2) is 105 Å². The van der Waals surface area contributed by atoms with Crippen molar-refractivity contribution in [1.82, 2.24) is 5.32 Å². The van der Waals surface area contributed by atoms with Crippen LogP contribution in [0.4, 0.5) is 24.5 Å². The van der Waals surface area contributed by atoms with Gasteiger partial charge in [-0.25, -0.2) is 9.59 Å². The van der Waals surface area contributed by atoms with E-state index in [9.17, 15) is 41.7 Å². The molecule has 5 N–H and O–H groups in total. The molecule has 1 unspecified atom stereocenters. The maximum Gasteiger partial charge on any atom is 0.416 e. The number of rotatable bonds is 16. The molecule has 0 aliphatic carbocycles. The molecule has 0 radical (unpaired) electrons. The van der Waals surface area contributed by atoms with Crippen molar-refractivity contribution in [3.63, 3.8) is 0 Å². The highest BCUT2D eigenvalue weighted by Crippen LogP contribution is 2.38. The third-order valence-electron chi connectivity index (χ3n) is 9.15. The van der Waals surface area contributed by atoms with E-state index >= 15 is 0 Å². The number of alkyl halides is 6. The van der Waals surface area contributed by atoms with Crippen molar-refractivity contribution in [1.29, 1.82) is 0 Å². The summed E-state index contributed by atoms with van der Waals surface area (Å²) in [5.74, 6) is -3.33. The highest BCUT2D eigenvalue weighted by Gasteiger charge is 2.33. The van der Waals surface area contributed by atoms with Gasteiger partial charge < -0.3 is 43.8 Å². The van der Waals surface area contributed by atoms with E-state index in [0.29, 0.717) is 25.0 Å². The minimum absolute atomic E-state index is 0.0246. The van der Waals surface area contributed by atoms with Gasteiger partial charge >= 0.3 is 31.7 Å². The van der Waals surface area contributed by atoms with E-state index in [0.717, 1.165) is 54.0 Å². The predicted molar refractivity (Wildman–Crippen MR) is 263 cm³/mol. The molecule has 390 valence electrons. The van der Waals surface area contributed by atoms with Gasteiger partial charge in [0, 0.05) is 6.61 Å². The molecular weight excluding hydrogens is 1070 g/mol. The zero-order valence-corrected chi connectivity index (χ0v) is 43.1. The topological polar surface area (TPSA) is 239 Å². The van der Waals surface area contributed by atoms with Crippen LogP contribution < -0.4 is 24.6 Å². The number of hydrogen-bond acceptors (Lipinski definition) is 11. The third-order valence-corrected chi connectivity index (χ3v) is 11.0. The molecule has 4 aromatic carbocycles. The van der Waals surface area contributed by atoms with Gasteiger partial charge in [-0.2, -0.15) is 13.2 Å². The number of fused-ring (bicyclic) bond motifs is 1. The van der Waals surface area contributed by atoms with Crippen molar-refractivity contribution in [2.24, 2.45) is 0 Å². The number of carboxylic acids is 2. The number of carbonyl (C=O) groups is 5. The Balaban J connectivity index is 0.000000344. The normalized spacial score (nSPS) is 13.3. The van der Waals surface area contributed by atoms with Gasteiger partial charge in [-0.05, 0) is 93.8 Å². The van der Waals surface area contributed by atoms with Crippen molar-refractivity contribution in [3.05, 3.63) is 111 Å². The van der Waals surface area contributed by atoms with Gasteiger partial charge in [0.1, 0.15) is 36.5 Å². The Hall–Kier alpha value is -4.86.